The van der Waals surface area contributed by atoms with Crippen molar-refractivity contribution in [3.05, 3.63) is 71.7 Å². The van der Waals surface area contributed by atoms with Gasteiger partial charge in [0.05, 0.1) is 5.69 Å². The van der Waals surface area contributed by atoms with Crippen molar-refractivity contribution in [3.63, 3.8) is 0 Å². The Morgan fingerprint density at radius 3 is 2.38 bits per heavy atom. The number of imidazole rings is 1. The Bertz CT molecular complexity index is 1520. The number of aryl methyl sites for hydroxylation is 1. The van der Waals surface area contributed by atoms with Crippen molar-refractivity contribution >= 4 is 12.0 Å². The molecule has 2 aromatic carbocycles. The zero-order valence-electron chi connectivity index (χ0n) is 23.6. The van der Waals surface area contributed by atoms with Crippen LogP contribution in [0.4, 0.5) is 15.1 Å². The summed E-state index contributed by atoms with van der Waals surface area (Å²) in [5, 5.41) is 0. The number of anilines is 1. The van der Waals surface area contributed by atoms with E-state index in [9.17, 15) is 9.18 Å². The van der Waals surface area contributed by atoms with Gasteiger partial charge in [-0.1, -0.05) is 12.1 Å². The van der Waals surface area contributed by atoms with Crippen LogP contribution in [0.5, 0.6) is 11.8 Å². The molecule has 0 amide bonds. The van der Waals surface area contributed by atoms with Crippen LogP contribution in [0.15, 0.2) is 54.7 Å². The third-order valence-corrected chi connectivity index (χ3v) is 6.82. The minimum absolute atomic E-state index is 0.132. The van der Waals surface area contributed by atoms with Gasteiger partial charge in [0.2, 0.25) is 5.95 Å². The largest absolute Gasteiger partial charge is 0.443 e. The molecule has 1 aliphatic rings. The van der Waals surface area contributed by atoms with Crippen LogP contribution in [0, 0.1) is 19.7 Å². The molecule has 0 bridgehead atoms. The van der Waals surface area contributed by atoms with Crippen molar-refractivity contribution in [1.29, 1.82) is 0 Å². The van der Waals surface area contributed by atoms with Gasteiger partial charge in [0, 0.05) is 24.8 Å². The van der Waals surface area contributed by atoms with Crippen LogP contribution < -0.4 is 9.64 Å². The summed E-state index contributed by atoms with van der Waals surface area (Å²) >= 11 is 0. The number of hydrogen-bond acceptors (Lipinski definition) is 7. The lowest BCUT2D eigenvalue weighted by Gasteiger charge is -2.29. The Balaban J connectivity index is 1.70. The Morgan fingerprint density at radius 1 is 0.950 bits per heavy atom. The maximum Gasteiger partial charge on any atom is 0.422 e. The average molecular weight is 544 g/mol. The van der Waals surface area contributed by atoms with Crippen molar-refractivity contribution in [2.75, 3.05) is 18.0 Å². The van der Waals surface area contributed by atoms with E-state index < -0.39 is 11.7 Å². The quantitative estimate of drug-likeness (QED) is 0.261. The minimum Gasteiger partial charge on any atom is -0.443 e. The highest BCUT2D eigenvalue weighted by atomic mass is 19.1. The molecule has 0 saturated carbocycles. The summed E-state index contributed by atoms with van der Waals surface area (Å²) in [5.41, 5.74) is 3.31. The molecule has 0 spiro atoms. The monoisotopic (exact) mass is 543 g/mol. The molecule has 1 fully saturated rings. The average Bonchev–Trinajstić information content (AvgIpc) is 3.32. The number of aromatic nitrogens is 4. The number of ether oxygens (including phenoxy) is 2. The summed E-state index contributed by atoms with van der Waals surface area (Å²) in [6.07, 6.45) is 4.11. The fourth-order valence-corrected chi connectivity index (χ4v) is 4.70. The fraction of sp³-hybridized carbons (Fsp3) is 0.355. The van der Waals surface area contributed by atoms with Crippen molar-refractivity contribution in [1.82, 2.24) is 19.5 Å². The standard InChI is InChI=1S/C31H34FN5O3/c1-20-10-9-11-25(21(20)2)39-28-33-17-16-24(34-28)27-26(22-12-14-23(32)15-13-22)35-29(36-18-7-6-8-19-36)37(27)30(38)40-31(3,4)5/h9-17H,6-8,18-19H2,1-5H3. The molecule has 4 aromatic rings. The van der Waals surface area contributed by atoms with E-state index in [1.807, 2.05) is 52.8 Å². The van der Waals surface area contributed by atoms with Crippen LogP contribution in [0.2, 0.25) is 0 Å². The molecule has 5 rings (SSSR count). The van der Waals surface area contributed by atoms with Crippen molar-refractivity contribution in [2.24, 2.45) is 0 Å². The molecule has 0 unspecified atom stereocenters. The van der Waals surface area contributed by atoms with Gasteiger partial charge in [-0.05, 0) is 101 Å². The summed E-state index contributed by atoms with van der Waals surface area (Å²) in [6, 6.07) is 13.7. The topological polar surface area (TPSA) is 82.4 Å². The van der Waals surface area contributed by atoms with E-state index in [0.29, 0.717) is 34.3 Å². The molecular weight excluding hydrogens is 509 g/mol. The van der Waals surface area contributed by atoms with Gasteiger partial charge < -0.3 is 14.4 Å². The van der Waals surface area contributed by atoms with Gasteiger partial charge in [-0.15, -0.1) is 0 Å². The summed E-state index contributed by atoms with van der Waals surface area (Å²) in [4.78, 5) is 29.9. The number of rotatable bonds is 5. The van der Waals surface area contributed by atoms with E-state index >= 15 is 0 Å². The zero-order chi connectivity index (χ0) is 28.4. The Kier molecular flexibility index (Phi) is 7.56. The first-order valence-electron chi connectivity index (χ1n) is 13.6. The zero-order valence-corrected chi connectivity index (χ0v) is 23.6. The number of nitrogens with zero attached hydrogens (tertiary/aromatic N) is 5. The van der Waals surface area contributed by atoms with Crippen LogP contribution >= 0.6 is 0 Å². The van der Waals surface area contributed by atoms with E-state index in [4.69, 9.17) is 19.4 Å². The minimum atomic E-state index is -0.740. The summed E-state index contributed by atoms with van der Waals surface area (Å²) in [7, 11) is 0. The highest BCUT2D eigenvalue weighted by Gasteiger charge is 2.32. The van der Waals surface area contributed by atoms with Gasteiger partial charge >= 0.3 is 12.1 Å². The normalized spacial score (nSPS) is 13.8. The molecule has 8 nitrogen and oxygen atoms in total. The van der Waals surface area contributed by atoms with Gasteiger partial charge in [-0.25, -0.2) is 23.7 Å². The number of benzene rings is 2. The molecule has 0 N–H and O–H groups in total. The molecule has 0 aliphatic carbocycles. The number of carbonyl (C=O) groups excluding carboxylic acids is 1. The van der Waals surface area contributed by atoms with E-state index in [0.717, 1.165) is 43.5 Å². The highest BCUT2D eigenvalue weighted by Crippen LogP contribution is 2.37. The first kappa shape index (κ1) is 27.3. The van der Waals surface area contributed by atoms with Gasteiger partial charge in [0.15, 0.2) is 0 Å². The van der Waals surface area contributed by atoms with Crippen LogP contribution in [0.1, 0.15) is 51.2 Å². The molecular formula is C31H34FN5O3. The van der Waals surface area contributed by atoms with E-state index in [-0.39, 0.29) is 11.8 Å². The molecule has 3 heterocycles. The van der Waals surface area contributed by atoms with E-state index in [1.165, 1.54) is 16.7 Å². The molecule has 0 atom stereocenters. The Labute approximate surface area is 233 Å². The second-order valence-electron chi connectivity index (χ2n) is 11.0. The Hall–Kier alpha value is -4.27. The van der Waals surface area contributed by atoms with Gasteiger partial charge in [-0.3, -0.25) is 0 Å². The predicted octanol–water partition coefficient (Wildman–Crippen LogP) is 7.33. The predicted molar refractivity (Wildman–Crippen MR) is 152 cm³/mol. The Morgan fingerprint density at radius 2 is 1.68 bits per heavy atom. The SMILES string of the molecule is Cc1cccc(Oc2nccc(-c3c(-c4ccc(F)cc4)nc(N4CCCCC4)n3C(=O)OC(C)(C)C)n2)c1C. The highest BCUT2D eigenvalue weighted by molar-refractivity contribution is 5.89. The summed E-state index contributed by atoms with van der Waals surface area (Å²) in [6.45, 7) is 11.0. The molecule has 0 radical (unpaired) electrons. The number of halogens is 1. The van der Waals surface area contributed by atoms with Gasteiger partial charge in [0.1, 0.15) is 28.6 Å². The summed E-state index contributed by atoms with van der Waals surface area (Å²) < 4.78 is 27.3. The van der Waals surface area contributed by atoms with Crippen molar-refractivity contribution in [3.8, 4) is 34.4 Å². The van der Waals surface area contributed by atoms with Crippen LogP contribution in [-0.2, 0) is 4.74 Å². The van der Waals surface area contributed by atoms with Gasteiger partial charge in [-0.2, -0.15) is 4.98 Å². The number of hydrogen-bond donors (Lipinski definition) is 0. The third kappa shape index (κ3) is 5.83. The van der Waals surface area contributed by atoms with Crippen LogP contribution in [0.3, 0.4) is 0 Å². The molecule has 1 saturated heterocycles. The molecule has 1 aliphatic heterocycles. The van der Waals surface area contributed by atoms with E-state index in [2.05, 4.69) is 9.88 Å². The second kappa shape index (κ2) is 11.1. The smallest absolute Gasteiger partial charge is 0.422 e. The lowest BCUT2D eigenvalue weighted by Crippen LogP contribution is -2.35. The molecule has 9 heteroatoms. The maximum atomic E-state index is 13.9. The maximum absolute atomic E-state index is 13.9. The number of piperidine rings is 1. The molecule has 2 aromatic heterocycles. The first-order valence-corrected chi connectivity index (χ1v) is 13.6. The molecule has 40 heavy (non-hydrogen) atoms. The molecule has 208 valence electrons. The lowest BCUT2D eigenvalue weighted by atomic mass is 10.1. The fourth-order valence-electron chi connectivity index (χ4n) is 4.70. The first-order chi connectivity index (χ1) is 19.1. The lowest BCUT2D eigenvalue weighted by molar-refractivity contribution is 0.0541. The third-order valence-electron chi connectivity index (χ3n) is 6.82. The van der Waals surface area contributed by atoms with Crippen LogP contribution in [-0.4, -0.2) is 44.3 Å². The van der Waals surface area contributed by atoms with Crippen molar-refractivity contribution in [2.45, 2.75) is 59.5 Å². The second-order valence-corrected chi connectivity index (χ2v) is 11.0. The van der Waals surface area contributed by atoms with E-state index in [1.54, 1.807) is 24.4 Å². The number of carbonyl (C=O) groups is 1. The summed E-state index contributed by atoms with van der Waals surface area (Å²) in [5.74, 6) is 0.754. The van der Waals surface area contributed by atoms with Crippen molar-refractivity contribution < 1.29 is 18.7 Å². The van der Waals surface area contributed by atoms with Gasteiger partial charge in [0.25, 0.3) is 0 Å². The van der Waals surface area contributed by atoms with Crippen LogP contribution in [0.25, 0.3) is 22.6 Å².